The van der Waals surface area contributed by atoms with Crippen molar-refractivity contribution in [1.29, 1.82) is 0 Å². The molecular formula is C16H26N2O2. The number of unbranched alkanes of at least 4 members (excludes halogenated alkanes) is 2. The molecule has 1 rings (SSSR count). The summed E-state index contributed by atoms with van der Waals surface area (Å²) in [6, 6.07) is 5.53. The summed E-state index contributed by atoms with van der Waals surface area (Å²) in [4.78, 5) is 11.5. The minimum absolute atomic E-state index is 0.150. The van der Waals surface area contributed by atoms with E-state index in [0.29, 0.717) is 13.2 Å². The molecule has 20 heavy (non-hydrogen) atoms. The van der Waals surface area contributed by atoms with Crippen LogP contribution in [0, 0.1) is 6.92 Å². The van der Waals surface area contributed by atoms with Crippen molar-refractivity contribution in [2.75, 3.05) is 6.61 Å². The Labute approximate surface area is 121 Å². The van der Waals surface area contributed by atoms with Crippen molar-refractivity contribution in [1.82, 2.24) is 5.32 Å². The van der Waals surface area contributed by atoms with E-state index in [1.807, 2.05) is 25.1 Å². The molecule has 1 aromatic rings. The Bertz CT molecular complexity index is 430. The third kappa shape index (κ3) is 5.61. The first kappa shape index (κ1) is 16.5. The zero-order valence-electron chi connectivity index (χ0n) is 12.7. The van der Waals surface area contributed by atoms with Gasteiger partial charge < -0.3 is 15.8 Å². The molecule has 0 spiro atoms. The molecule has 3 N–H and O–H groups in total. The third-order valence-electron chi connectivity index (χ3n) is 3.09. The van der Waals surface area contributed by atoms with Crippen LogP contribution in [0.1, 0.15) is 44.2 Å². The van der Waals surface area contributed by atoms with Crippen LogP contribution >= 0.6 is 0 Å². The summed E-state index contributed by atoms with van der Waals surface area (Å²) in [5.74, 6) is 0.702. The Hall–Kier alpha value is -1.55. The Morgan fingerprint density at radius 2 is 2.15 bits per heavy atom. The van der Waals surface area contributed by atoms with Gasteiger partial charge in [-0.2, -0.15) is 0 Å². The number of carbonyl (C=O) groups is 1. The van der Waals surface area contributed by atoms with Crippen molar-refractivity contribution in [2.24, 2.45) is 5.73 Å². The SMILES string of the molecule is CCCCCOc1cc(C)ccc1CNC(=O)[C@H](C)N. The maximum atomic E-state index is 11.5. The normalized spacial score (nSPS) is 12.0. The quantitative estimate of drug-likeness (QED) is 0.718. The number of nitrogens with one attached hydrogen (secondary N) is 1. The molecule has 4 heteroatoms. The predicted molar refractivity (Wildman–Crippen MR) is 81.7 cm³/mol. The number of carbonyl (C=O) groups excluding carboxylic acids is 1. The lowest BCUT2D eigenvalue weighted by molar-refractivity contribution is -0.122. The van der Waals surface area contributed by atoms with Crippen LogP contribution in [0.5, 0.6) is 5.75 Å². The minimum Gasteiger partial charge on any atom is -0.493 e. The predicted octanol–water partition coefficient (Wildman–Crippen LogP) is 2.53. The highest BCUT2D eigenvalue weighted by molar-refractivity contribution is 5.80. The Kier molecular flexibility index (Phi) is 7.09. The number of rotatable bonds is 8. The zero-order chi connectivity index (χ0) is 15.0. The van der Waals surface area contributed by atoms with Crippen molar-refractivity contribution < 1.29 is 9.53 Å². The van der Waals surface area contributed by atoms with Gasteiger partial charge in [-0.15, -0.1) is 0 Å². The van der Waals surface area contributed by atoms with Gasteiger partial charge >= 0.3 is 0 Å². The summed E-state index contributed by atoms with van der Waals surface area (Å²) >= 11 is 0. The molecule has 1 aromatic carbocycles. The van der Waals surface area contributed by atoms with E-state index in [1.165, 1.54) is 12.8 Å². The maximum absolute atomic E-state index is 11.5. The van der Waals surface area contributed by atoms with Crippen LogP contribution < -0.4 is 15.8 Å². The molecular weight excluding hydrogens is 252 g/mol. The number of amides is 1. The van der Waals surface area contributed by atoms with E-state index >= 15 is 0 Å². The van der Waals surface area contributed by atoms with Gasteiger partial charge in [-0.05, 0) is 31.9 Å². The molecule has 0 aromatic heterocycles. The molecule has 0 aliphatic heterocycles. The fraction of sp³-hybridized carbons (Fsp3) is 0.562. The number of aryl methyl sites for hydroxylation is 1. The van der Waals surface area contributed by atoms with Crippen LogP contribution in [0.2, 0.25) is 0 Å². The summed E-state index contributed by atoms with van der Waals surface area (Å²) in [7, 11) is 0. The number of nitrogens with two attached hydrogens (primary N) is 1. The maximum Gasteiger partial charge on any atom is 0.236 e. The number of hydrogen-bond acceptors (Lipinski definition) is 3. The van der Waals surface area contributed by atoms with E-state index in [0.717, 1.165) is 23.3 Å². The second kappa shape index (κ2) is 8.59. The molecule has 0 saturated heterocycles. The Balaban J connectivity index is 2.62. The van der Waals surface area contributed by atoms with E-state index in [2.05, 4.69) is 12.2 Å². The van der Waals surface area contributed by atoms with Gasteiger partial charge in [0.25, 0.3) is 0 Å². The molecule has 4 nitrogen and oxygen atoms in total. The van der Waals surface area contributed by atoms with Crippen molar-refractivity contribution in [3.05, 3.63) is 29.3 Å². The lowest BCUT2D eigenvalue weighted by Gasteiger charge is -2.14. The summed E-state index contributed by atoms with van der Waals surface area (Å²) in [5, 5.41) is 2.82. The van der Waals surface area contributed by atoms with Crippen LogP contribution in [-0.2, 0) is 11.3 Å². The van der Waals surface area contributed by atoms with Crippen LogP contribution in [0.15, 0.2) is 18.2 Å². The van der Waals surface area contributed by atoms with Gasteiger partial charge in [-0.3, -0.25) is 4.79 Å². The van der Waals surface area contributed by atoms with Crippen molar-refractivity contribution in [3.8, 4) is 5.75 Å². The molecule has 0 bridgehead atoms. The second-order valence-corrected chi connectivity index (χ2v) is 5.17. The average molecular weight is 278 g/mol. The Morgan fingerprint density at radius 1 is 1.40 bits per heavy atom. The zero-order valence-corrected chi connectivity index (χ0v) is 12.7. The highest BCUT2D eigenvalue weighted by Gasteiger charge is 2.09. The fourth-order valence-corrected chi connectivity index (χ4v) is 1.82. The first-order chi connectivity index (χ1) is 9.54. The summed E-state index contributed by atoms with van der Waals surface area (Å²) in [6.45, 7) is 7.03. The average Bonchev–Trinajstić information content (AvgIpc) is 2.42. The summed E-state index contributed by atoms with van der Waals surface area (Å²) < 4.78 is 5.83. The lowest BCUT2D eigenvalue weighted by Crippen LogP contribution is -2.37. The third-order valence-corrected chi connectivity index (χ3v) is 3.09. The van der Waals surface area contributed by atoms with Gasteiger partial charge in [0.2, 0.25) is 5.91 Å². The molecule has 0 unspecified atom stereocenters. The number of benzene rings is 1. The molecule has 0 radical (unpaired) electrons. The van der Waals surface area contributed by atoms with Gasteiger partial charge in [0.15, 0.2) is 0 Å². The van der Waals surface area contributed by atoms with E-state index < -0.39 is 6.04 Å². The van der Waals surface area contributed by atoms with Crippen LogP contribution in [0.25, 0.3) is 0 Å². The Morgan fingerprint density at radius 3 is 2.80 bits per heavy atom. The second-order valence-electron chi connectivity index (χ2n) is 5.17. The number of ether oxygens (including phenoxy) is 1. The van der Waals surface area contributed by atoms with Crippen molar-refractivity contribution in [3.63, 3.8) is 0 Å². The van der Waals surface area contributed by atoms with E-state index in [4.69, 9.17) is 10.5 Å². The van der Waals surface area contributed by atoms with E-state index in [-0.39, 0.29) is 5.91 Å². The van der Waals surface area contributed by atoms with Gasteiger partial charge in [0.05, 0.1) is 12.6 Å². The van der Waals surface area contributed by atoms with E-state index in [1.54, 1.807) is 6.92 Å². The summed E-state index contributed by atoms with van der Waals surface area (Å²) in [6.07, 6.45) is 3.40. The molecule has 0 fully saturated rings. The van der Waals surface area contributed by atoms with Crippen molar-refractivity contribution >= 4 is 5.91 Å². The monoisotopic (exact) mass is 278 g/mol. The number of hydrogen-bond donors (Lipinski definition) is 2. The van der Waals surface area contributed by atoms with Gasteiger partial charge in [0, 0.05) is 12.1 Å². The highest BCUT2D eigenvalue weighted by Crippen LogP contribution is 2.20. The molecule has 112 valence electrons. The van der Waals surface area contributed by atoms with Gasteiger partial charge in [0.1, 0.15) is 5.75 Å². The smallest absolute Gasteiger partial charge is 0.236 e. The first-order valence-corrected chi connectivity index (χ1v) is 7.30. The molecule has 0 saturated carbocycles. The topological polar surface area (TPSA) is 64.3 Å². The van der Waals surface area contributed by atoms with Crippen LogP contribution in [-0.4, -0.2) is 18.6 Å². The van der Waals surface area contributed by atoms with Gasteiger partial charge in [-0.25, -0.2) is 0 Å². The van der Waals surface area contributed by atoms with Crippen molar-refractivity contribution in [2.45, 2.75) is 52.6 Å². The minimum atomic E-state index is -0.491. The molecule has 1 amide bonds. The highest BCUT2D eigenvalue weighted by atomic mass is 16.5. The molecule has 0 aliphatic rings. The molecule has 1 atom stereocenters. The first-order valence-electron chi connectivity index (χ1n) is 7.30. The van der Waals surface area contributed by atoms with Gasteiger partial charge in [-0.1, -0.05) is 31.9 Å². The molecule has 0 aliphatic carbocycles. The molecule has 0 heterocycles. The fourth-order valence-electron chi connectivity index (χ4n) is 1.82. The largest absolute Gasteiger partial charge is 0.493 e. The summed E-state index contributed by atoms with van der Waals surface area (Å²) in [5.41, 5.74) is 7.67. The van der Waals surface area contributed by atoms with Crippen LogP contribution in [0.4, 0.5) is 0 Å². The standard InChI is InChI=1S/C16H26N2O2/c1-4-5-6-9-20-15-10-12(2)7-8-14(15)11-18-16(19)13(3)17/h7-8,10,13H,4-6,9,11,17H2,1-3H3,(H,18,19)/t13-/m0/s1. The van der Waals surface area contributed by atoms with Crippen LogP contribution in [0.3, 0.4) is 0 Å². The van der Waals surface area contributed by atoms with E-state index in [9.17, 15) is 4.79 Å². The lowest BCUT2D eigenvalue weighted by atomic mass is 10.1.